The van der Waals surface area contributed by atoms with Crippen LogP contribution in [0.1, 0.15) is 25.8 Å². The first-order chi connectivity index (χ1) is 13.5. The average molecular weight is 404 g/mol. The summed E-state index contributed by atoms with van der Waals surface area (Å²) in [4.78, 5) is 18.4. The van der Waals surface area contributed by atoms with Crippen LogP contribution in [0.5, 0.6) is 0 Å². The summed E-state index contributed by atoms with van der Waals surface area (Å²) in [6, 6.07) is 10.5. The van der Waals surface area contributed by atoms with E-state index in [0.29, 0.717) is 24.3 Å². The standard InChI is InChI=1S/C22H34N4OS/c1-18-14-19(2)16-26(15-18)21(27)17-24-10-12-25(13-11-24)22(28)23-9-8-20-6-4-3-5-7-20/h3-7,18-19H,8-17H2,1-2H3,(H,23,28)/p+1/t18-,19-/m0/s1. The Hall–Kier alpha value is -1.66. The molecule has 2 aliphatic rings. The minimum atomic E-state index is 0.324. The maximum Gasteiger partial charge on any atom is 0.277 e. The first-order valence-corrected chi connectivity index (χ1v) is 11.1. The van der Waals surface area contributed by atoms with Crippen molar-refractivity contribution in [2.45, 2.75) is 26.7 Å². The molecule has 1 aromatic rings. The third-order valence-corrected chi connectivity index (χ3v) is 6.32. The minimum absolute atomic E-state index is 0.324. The zero-order valence-corrected chi connectivity index (χ0v) is 18.1. The van der Waals surface area contributed by atoms with E-state index >= 15 is 0 Å². The third kappa shape index (κ3) is 6.17. The van der Waals surface area contributed by atoms with Gasteiger partial charge in [0, 0.05) is 19.6 Å². The summed E-state index contributed by atoms with van der Waals surface area (Å²) >= 11 is 5.57. The van der Waals surface area contributed by atoms with Gasteiger partial charge in [0.25, 0.3) is 5.91 Å². The lowest BCUT2D eigenvalue weighted by Crippen LogP contribution is -3.16. The van der Waals surface area contributed by atoms with E-state index in [-0.39, 0.29) is 0 Å². The van der Waals surface area contributed by atoms with Gasteiger partial charge in [0.1, 0.15) is 0 Å². The highest BCUT2D eigenvalue weighted by molar-refractivity contribution is 7.80. The predicted molar refractivity (Wildman–Crippen MR) is 117 cm³/mol. The Morgan fingerprint density at radius 3 is 2.39 bits per heavy atom. The molecule has 0 spiro atoms. The molecule has 2 atom stereocenters. The minimum Gasteiger partial charge on any atom is -0.362 e. The van der Waals surface area contributed by atoms with Gasteiger partial charge in [-0.15, -0.1) is 0 Å². The van der Waals surface area contributed by atoms with E-state index in [9.17, 15) is 4.79 Å². The molecule has 2 saturated heterocycles. The highest BCUT2D eigenvalue weighted by Gasteiger charge is 2.29. The van der Waals surface area contributed by atoms with E-state index in [1.807, 2.05) is 6.07 Å². The molecular weight excluding hydrogens is 368 g/mol. The molecule has 0 saturated carbocycles. The summed E-state index contributed by atoms with van der Waals surface area (Å²) < 4.78 is 0. The van der Waals surface area contributed by atoms with E-state index < -0.39 is 0 Å². The Labute approximate surface area is 175 Å². The number of piperazine rings is 1. The van der Waals surface area contributed by atoms with Crippen LogP contribution in [0.15, 0.2) is 30.3 Å². The van der Waals surface area contributed by atoms with Crippen molar-refractivity contribution < 1.29 is 9.69 Å². The molecule has 2 aliphatic heterocycles. The first kappa shape index (κ1) is 21.1. The van der Waals surface area contributed by atoms with Gasteiger partial charge in [-0.3, -0.25) is 4.79 Å². The molecule has 0 aromatic heterocycles. The lowest BCUT2D eigenvalue weighted by molar-refractivity contribution is -0.896. The molecular formula is C22H35N4OS+. The van der Waals surface area contributed by atoms with E-state index in [4.69, 9.17) is 12.2 Å². The number of quaternary nitrogens is 1. The van der Waals surface area contributed by atoms with Crippen LogP contribution in [0.25, 0.3) is 0 Å². The predicted octanol–water partition coefficient (Wildman–Crippen LogP) is 0.809. The second-order valence-corrected chi connectivity index (χ2v) is 9.01. The van der Waals surface area contributed by atoms with Crippen molar-refractivity contribution in [3.8, 4) is 0 Å². The van der Waals surface area contributed by atoms with E-state index in [1.165, 1.54) is 16.9 Å². The van der Waals surface area contributed by atoms with Crippen molar-refractivity contribution in [2.24, 2.45) is 11.8 Å². The van der Waals surface area contributed by atoms with Gasteiger partial charge in [-0.2, -0.15) is 0 Å². The fraction of sp³-hybridized carbons (Fsp3) is 0.636. The number of rotatable bonds is 5. The second kappa shape index (κ2) is 10.2. The summed E-state index contributed by atoms with van der Waals surface area (Å²) in [5.74, 6) is 1.57. The molecule has 1 aromatic carbocycles. The Morgan fingerprint density at radius 2 is 1.75 bits per heavy atom. The molecule has 2 fully saturated rings. The number of carbonyl (C=O) groups is 1. The van der Waals surface area contributed by atoms with Gasteiger partial charge >= 0.3 is 0 Å². The largest absolute Gasteiger partial charge is 0.362 e. The molecule has 0 unspecified atom stereocenters. The fourth-order valence-corrected chi connectivity index (χ4v) is 4.75. The summed E-state index contributed by atoms with van der Waals surface area (Å²) in [5.41, 5.74) is 1.33. The van der Waals surface area contributed by atoms with Crippen molar-refractivity contribution in [2.75, 3.05) is 52.4 Å². The molecule has 2 heterocycles. The van der Waals surface area contributed by atoms with Gasteiger partial charge in [-0.1, -0.05) is 44.2 Å². The Morgan fingerprint density at radius 1 is 1.11 bits per heavy atom. The number of likely N-dealkylation sites (tertiary alicyclic amines) is 1. The van der Waals surface area contributed by atoms with Crippen molar-refractivity contribution in [3.63, 3.8) is 0 Å². The molecule has 154 valence electrons. The maximum absolute atomic E-state index is 12.7. The summed E-state index contributed by atoms with van der Waals surface area (Å²) in [7, 11) is 0. The molecule has 1 amide bonds. The number of amides is 1. The monoisotopic (exact) mass is 403 g/mol. The number of carbonyl (C=O) groups excluding carboxylic acids is 1. The lowest BCUT2D eigenvalue weighted by atomic mass is 9.92. The maximum atomic E-state index is 12.7. The number of thiocarbonyl (C=S) groups is 1. The lowest BCUT2D eigenvalue weighted by Gasteiger charge is -2.37. The first-order valence-electron chi connectivity index (χ1n) is 10.7. The van der Waals surface area contributed by atoms with E-state index in [0.717, 1.165) is 57.3 Å². The van der Waals surface area contributed by atoms with E-state index in [2.05, 4.69) is 53.2 Å². The second-order valence-electron chi connectivity index (χ2n) is 8.63. The molecule has 2 N–H and O–H groups in total. The Balaban J connectivity index is 1.35. The smallest absolute Gasteiger partial charge is 0.277 e. The number of benzene rings is 1. The van der Waals surface area contributed by atoms with Gasteiger partial charge < -0.3 is 20.0 Å². The van der Waals surface area contributed by atoms with Gasteiger partial charge in [-0.05, 0) is 42.5 Å². The van der Waals surface area contributed by atoms with Gasteiger partial charge in [0.15, 0.2) is 11.7 Å². The van der Waals surface area contributed by atoms with Gasteiger partial charge in [0.2, 0.25) is 0 Å². The van der Waals surface area contributed by atoms with E-state index in [1.54, 1.807) is 0 Å². The number of nitrogens with one attached hydrogen (secondary N) is 2. The normalized spacial score (nSPS) is 23.5. The van der Waals surface area contributed by atoms with Crippen molar-refractivity contribution in [1.82, 2.24) is 15.1 Å². The van der Waals surface area contributed by atoms with Crippen molar-refractivity contribution >= 4 is 23.2 Å². The van der Waals surface area contributed by atoms with Crippen molar-refractivity contribution in [1.29, 1.82) is 0 Å². The highest BCUT2D eigenvalue weighted by atomic mass is 32.1. The van der Waals surface area contributed by atoms with Crippen LogP contribution in [0.2, 0.25) is 0 Å². The number of piperidine rings is 1. The van der Waals surface area contributed by atoms with Crippen LogP contribution < -0.4 is 10.2 Å². The van der Waals surface area contributed by atoms with Crippen LogP contribution in [0.3, 0.4) is 0 Å². The number of hydrogen-bond acceptors (Lipinski definition) is 2. The highest BCUT2D eigenvalue weighted by Crippen LogP contribution is 2.20. The quantitative estimate of drug-likeness (QED) is 0.714. The Bertz CT molecular complexity index is 635. The van der Waals surface area contributed by atoms with Gasteiger partial charge in [-0.25, -0.2) is 0 Å². The van der Waals surface area contributed by atoms with Crippen LogP contribution >= 0.6 is 12.2 Å². The summed E-state index contributed by atoms with van der Waals surface area (Å²) in [6.45, 7) is 11.7. The number of hydrogen-bond donors (Lipinski definition) is 2. The molecule has 3 rings (SSSR count). The van der Waals surface area contributed by atoms with Crippen LogP contribution in [0, 0.1) is 11.8 Å². The molecule has 0 radical (unpaired) electrons. The van der Waals surface area contributed by atoms with Crippen molar-refractivity contribution in [3.05, 3.63) is 35.9 Å². The number of nitrogens with zero attached hydrogens (tertiary/aromatic N) is 2. The van der Waals surface area contributed by atoms with Crippen LogP contribution in [0.4, 0.5) is 0 Å². The Kier molecular flexibility index (Phi) is 7.68. The van der Waals surface area contributed by atoms with Crippen LogP contribution in [-0.4, -0.2) is 73.2 Å². The molecule has 0 aliphatic carbocycles. The molecule has 5 nitrogen and oxygen atoms in total. The fourth-order valence-electron chi connectivity index (χ4n) is 4.47. The SMILES string of the molecule is C[C@H]1C[C@H](C)CN(C(=O)C[NH+]2CCN(C(=S)NCCc3ccccc3)CC2)C1. The average Bonchev–Trinajstić information content (AvgIpc) is 2.68. The zero-order chi connectivity index (χ0) is 19.9. The van der Waals surface area contributed by atoms with Crippen LogP contribution in [-0.2, 0) is 11.2 Å². The molecule has 6 heteroatoms. The summed E-state index contributed by atoms with van der Waals surface area (Å²) in [6.07, 6.45) is 2.22. The molecule has 0 bridgehead atoms. The van der Waals surface area contributed by atoms with Gasteiger partial charge in [0.05, 0.1) is 26.2 Å². The summed E-state index contributed by atoms with van der Waals surface area (Å²) in [5, 5.41) is 4.24. The topological polar surface area (TPSA) is 40.0 Å². The zero-order valence-electron chi connectivity index (χ0n) is 17.3. The third-order valence-electron chi connectivity index (χ3n) is 5.91. The molecule has 28 heavy (non-hydrogen) atoms.